The standard InChI is InChI=1S/C31H42O5/c1-27(2)18-35-31(36-19-27)13-10-25-26-22(8-12-30(25,34)17-31)24-9-11-29(4,33)28(24,3)15-23(26)21-7-5-6-20(14-21)16-32/h5-7,14,16,22-24,33-34H,8-13,15,17-19H2,1-4H3/t22?,23-,24?,28?,29?,30?/m1/s1. The van der Waals surface area contributed by atoms with Crippen LogP contribution in [0.2, 0.25) is 0 Å². The van der Waals surface area contributed by atoms with Gasteiger partial charge in [0.15, 0.2) is 5.79 Å². The van der Waals surface area contributed by atoms with Crippen molar-refractivity contribution in [3.8, 4) is 0 Å². The van der Waals surface area contributed by atoms with Gasteiger partial charge in [0.2, 0.25) is 0 Å². The van der Waals surface area contributed by atoms with E-state index in [9.17, 15) is 15.0 Å². The molecule has 5 unspecified atom stereocenters. The van der Waals surface area contributed by atoms with Crippen molar-refractivity contribution >= 4 is 6.29 Å². The normalized spacial score (nSPS) is 43.0. The topological polar surface area (TPSA) is 76.0 Å². The number of allylic oxidation sites excluding steroid dienone is 1. The molecule has 0 bridgehead atoms. The van der Waals surface area contributed by atoms with Crippen LogP contribution in [0, 0.1) is 22.7 Å². The minimum absolute atomic E-state index is 0.00773. The molecule has 6 rings (SSSR count). The largest absolute Gasteiger partial charge is 0.390 e. The van der Waals surface area contributed by atoms with Crippen molar-refractivity contribution in [1.29, 1.82) is 0 Å². The first-order valence-corrected chi connectivity index (χ1v) is 13.9. The summed E-state index contributed by atoms with van der Waals surface area (Å²) in [6, 6.07) is 7.97. The number of ether oxygens (including phenoxy) is 2. The van der Waals surface area contributed by atoms with Crippen LogP contribution >= 0.6 is 0 Å². The number of rotatable bonds is 2. The maximum atomic E-state index is 12.2. The minimum atomic E-state index is -0.930. The van der Waals surface area contributed by atoms with Crippen molar-refractivity contribution < 1.29 is 24.5 Å². The van der Waals surface area contributed by atoms with E-state index in [0.29, 0.717) is 43.5 Å². The fourth-order valence-electron chi connectivity index (χ4n) is 8.62. The molecule has 1 aliphatic heterocycles. The fourth-order valence-corrected chi connectivity index (χ4v) is 8.62. The lowest BCUT2D eigenvalue weighted by Gasteiger charge is -2.58. The molecule has 1 saturated heterocycles. The van der Waals surface area contributed by atoms with Crippen molar-refractivity contribution in [3.05, 3.63) is 46.5 Å². The van der Waals surface area contributed by atoms with Gasteiger partial charge in [-0.25, -0.2) is 0 Å². The van der Waals surface area contributed by atoms with Gasteiger partial charge in [-0.15, -0.1) is 0 Å². The number of aldehydes is 1. The highest BCUT2D eigenvalue weighted by Crippen LogP contribution is 2.67. The van der Waals surface area contributed by atoms with Gasteiger partial charge < -0.3 is 19.7 Å². The average Bonchev–Trinajstić information content (AvgIpc) is 3.08. The van der Waals surface area contributed by atoms with Crippen LogP contribution in [-0.2, 0) is 9.47 Å². The quantitative estimate of drug-likeness (QED) is 0.417. The van der Waals surface area contributed by atoms with Gasteiger partial charge in [-0.2, -0.15) is 0 Å². The number of fused-ring (bicyclic) bond motifs is 4. The van der Waals surface area contributed by atoms with Gasteiger partial charge in [0.05, 0.1) is 24.4 Å². The van der Waals surface area contributed by atoms with E-state index in [-0.39, 0.29) is 16.7 Å². The van der Waals surface area contributed by atoms with E-state index in [1.54, 1.807) is 0 Å². The van der Waals surface area contributed by atoms with Crippen molar-refractivity contribution in [2.24, 2.45) is 22.7 Å². The summed E-state index contributed by atoms with van der Waals surface area (Å²) in [4.78, 5) is 11.6. The average molecular weight is 495 g/mol. The molecule has 0 radical (unpaired) electrons. The Hall–Kier alpha value is -1.53. The molecule has 1 spiro atoms. The van der Waals surface area contributed by atoms with Crippen molar-refractivity contribution in [2.75, 3.05) is 13.2 Å². The summed E-state index contributed by atoms with van der Waals surface area (Å²) in [5.41, 5.74) is 2.54. The summed E-state index contributed by atoms with van der Waals surface area (Å²) in [7, 11) is 0. The molecule has 1 aromatic carbocycles. The molecular weight excluding hydrogens is 452 g/mol. The molecule has 1 heterocycles. The molecule has 4 fully saturated rings. The Labute approximate surface area is 215 Å². The highest BCUT2D eigenvalue weighted by Gasteiger charge is 2.63. The van der Waals surface area contributed by atoms with Crippen LogP contribution in [0.3, 0.4) is 0 Å². The second-order valence-electron chi connectivity index (χ2n) is 13.8. The lowest BCUT2D eigenvalue weighted by Crippen LogP contribution is -2.58. The van der Waals surface area contributed by atoms with Crippen LogP contribution in [0.15, 0.2) is 35.4 Å². The van der Waals surface area contributed by atoms with Crippen LogP contribution in [0.5, 0.6) is 0 Å². The Morgan fingerprint density at radius 2 is 1.75 bits per heavy atom. The number of carbonyl (C=O) groups is 1. The third kappa shape index (κ3) is 3.60. The lowest BCUT2D eigenvalue weighted by molar-refractivity contribution is -0.322. The van der Waals surface area contributed by atoms with Crippen LogP contribution in [-0.4, -0.2) is 46.7 Å². The Morgan fingerprint density at radius 1 is 1.00 bits per heavy atom. The highest BCUT2D eigenvalue weighted by molar-refractivity contribution is 5.75. The molecule has 36 heavy (non-hydrogen) atoms. The molecule has 0 amide bonds. The van der Waals surface area contributed by atoms with Gasteiger partial charge >= 0.3 is 0 Å². The third-order valence-corrected chi connectivity index (χ3v) is 10.9. The summed E-state index contributed by atoms with van der Waals surface area (Å²) >= 11 is 0. The second kappa shape index (κ2) is 7.99. The molecule has 4 aliphatic carbocycles. The molecule has 5 aliphatic rings. The van der Waals surface area contributed by atoms with Crippen LogP contribution in [0.4, 0.5) is 0 Å². The van der Waals surface area contributed by atoms with Gasteiger partial charge in [-0.3, -0.25) is 4.79 Å². The molecule has 5 heteroatoms. The Bertz CT molecular complexity index is 1090. The molecule has 3 saturated carbocycles. The lowest BCUT2D eigenvalue weighted by atomic mass is 9.50. The van der Waals surface area contributed by atoms with Gasteiger partial charge in [-0.1, -0.05) is 44.5 Å². The van der Waals surface area contributed by atoms with Gasteiger partial charge in [0, 0.05) is 35.2 Å². The van der Waals surface area contributed by atoms with Crippen molar-refractivity contribution in [2.45, 2.75) is 102 Å². The first kappa shape index (κ1) is 24.8. The number of hydrogen-bond donors (Lipinski definition) is 2. The predicted molar refractivity (Wildman–Crippen MR) is 138 cm³/mol. The summed E-state index contributed by atoms with van der Waals surface area (Å²) in [6.45, 7) is 9.91. The minimum Gasteiger partial charge on any atom is -0.390 e. The van der Waals surface area contributed by atoms with Crippen molar-refractivity contribution in [3.63, 3.8) is 0 Å². The van der Waals surface area contributed by atoms with E-state index in [4.69, 9.17) is 9.47 Å². The predicted octanol–water partition coefficient (Wildman–Crippen LogP) is 5.54. The van der Waals surface area contributed by atoms with E-state index in [2.05, 4.69) is 26.8 Å². The molecule has 6 atom stereocenters. The van der Waals surface area contributed by atoms with E-state index in [1.165, 1.54) is 11.1 Å². The zero-order valence-corrected chi connectivity index (χ0v) is 22.3. The van der Waals surface area contributed by atoms with E-state index >= 15 is 0 Å². The number of benzene rings is 1. The van der Waals surface area contributed by atoms with Gasteiger partial charge in [0.25, 0.3) is 0 Å². The Kier molecular flexibility index (Phi) is 5.50. The smallest absolute Gasteiger partial charge is 0.171 e. The number of aliphatic hydroxyl groups is 2. The van der Waals surface area contributed by atoms with Crippen molar-refractivity contribution in [1.82, 2.24) is 0 Å². The fraction of sp³-hybridized carbons (Fsp3) is 0.710. The van der Waals surface area contributed by atoms with E-state index in [0.717, 1.165) is 50.4 Å². The third-order valence-electron chi connectivity index (χ3n) is 10.9. The maximum Gasteiger partial charge on any atom is 0.171 e. The van der Waals surface area contributed by atoms with Crippen LogP contribution in [0.25, 0.3) is 0 Å². The summed E-state index contributed by atoms with van der Waals surface area (Å²) < 4.78 is 12.7. The maximum absolute atomic E-state index is 12.2. The molecule has 196 valence electrons. The Balaban J connectivity index is 1.44. The summed E-state index contributed by atoms with van der Waals surface area (Å²) in [6.07, 6.45) is 7.24. The summed E-state index contributed by atoms with van der Waals surface area (Å²) in [5.74, 6) is 0.139. The molecule has 0 aromatic heterocycles. The van der Waals surface area contributed by atoms with Crippen LogP contribution in [0.1, 0.15) is 101 Å². The van der Waals surface area contributed by atoms with Gasteiger partial charge in [0.1, 0.15) is 6.29 Å². The van der Waals surface area contributed by atoms with E-state index < -0.39 is 17.0 Å². The van der Waals surface area contributed by atoms with Gasteiger partial charge in [-0.05, 0) is 74.5 Å². The molecule has 1 aromatic rings. The molecule has 5 nitrogen and oxygen atoms in total. The number of hydrogen-bond acceptors (Lipinski definition) is 5. The monoisotopic (exact) mass is 494 g/mol. The highest BCUT2D eigenvalue weighted by atomic mass is 16.7. The molecule has 2 N–H and O–H groups in total. The zero-order chi connectivity index (χ0) is 25.6. The van der Waals surface area contributed by atoms with E-state index in [1.807, 2.05) is 25.1 Å². The van der Waals surface area contributed by atoms with Crippen LogP contribution < -0.4 is 0 Å². The SMILES string of the molecule is CC1(C)COC2(CCC3=C4C(CCC3(O)C2)C2CCC(C)(O)C2(C)C[C@@H]4c2cccc(C=O)c2)OC1. The second-order valence-corrected chi connectivity index (χ2v) is 13.8. The molecular formula is C31H42O5. The first-order valence-electron chi connectivity index (χ1n) is 13.9. The summed E-state index contributed by atoms with van der Waals surface area (Å²) in [5, 5.41) is 23.8. The first-order chi connectivity index (χ1) is 16.9. The number of carbonyl (C=O) groups excluding carboxylic acids is 1. The zero-order valence-electron chi connectivity index (χ0n) is 22.3. The Morgan fingerprint density at radius 3 is 2.47 bits per heavy atom.